The summed E-state index contributed by atoms with van der Waals surface area (Å²) in [4.78, 5) is 14.3. The van der Waals surface area contributed by atoms with Gasteiger partial charge in [0.1, 0.15) is 6.61 Å². The maximum atomic E-state index is 12.6. The van der Waals surface area contributed by atoms with Crippen LogP contribution in [0.2, 0.25) is 0 Å². The van der Waals surface area contributed by atoms with Crippen molar-refractivity contribution in [3.05, 3.63) is 89.5 Å². The Bertz CT molecular complexity index is 1650. The number of amides is 1. The van der Waals surface area contributed by atoms with Crippen LogP contribution in [0.1, 0.15) is 22.6 Å². The van der Waals surface area contributed by atoms with E-state index in [0.29, 0.717) is 125 Å². The third-order valence-electron chi connectivity index (χ3n) is 8.97. The van der Waals surface area contributed by atoms with Gasteiger partial charge in [-0.05, 0) is 41.3 Å². The highest BCUT2D eigenvalue weighted by Crippen LogP contribution is 2.44. The molecule has 16 heteroatoms. The molecular formula is C43H61NO14S. The van der Waals surface area contributed by atoms with Crippen molar-refractivity contribution in [2.24, 2.45) is 0 Å². The number of hydrogen-bond donors (Lipinski definition) is 0. The Hall–Kier alpha value is -3.52. The van der Waals surface area contributed by atoms with Crippen molar-refractivity contribution in [2.45, 2.75) is 17.7 Å². The van der Waals surface area contributed by atoms with E-state index in [4.69, 9.17) is 51.6 Å². The highest BCUT2D eigenvalue weighted by Gasteiger charge is 2.29. The van der Waals surface area contributed by atoms with E-state index >= 15 is 0 Å². The lowest BCUT2D eigenvalue weighted by Gasteiger charge is -2.19. The maximum absolute atomic E-state index is 12.6. The Labute approximate surface area is 349 Å². The Kier molecular flexibility index (Phi) is 23.6. The first kappa shape index (κ1) is 48.1. The van der Waals surface area contributed by atoms with E-state index in [1.807, 2.05) is 31.2 Å². The number of likely N-dealkylation sites (N-methyl/N-ethyl adjacent to an activating group) is 1. The number of carbonyl (C=O) groups excluding carboxylic acids is 1. The summed E-state index contributed by atoms with van der Waals surface area (Å²) in [5, 5.41) is 0. The fourth-order valence-corrected chi connectivity index (χ4v) is 6.73. The van der Waals surface area contributed by atoms with Crippen LogP contribution in [0, 0.1) is 6.92 Å². The Morgan fingerprint density at radius 1 is 0.508 bits per heavy atom. The molecule has 59 heavy (non-hydrogen) atoms. The van der Waals surface area contributed by atoms with Gasteiger partial charge in [-0.1, -0.05) is 66.2 Å². The number of carbonyl (C=O) groups is 1. The molecule has 4 rings (SSSR count). The third kappa shape index (κ3) is 18.7. The zero-order chi connectivity index (χ0) is 41.8. The molecule has 1 amide bonds. The van der Waals surface area contributed by atoms with E-state index in [2.05, 4.69) is 24.3 Å². The zero-order valence-corrected chi connectivity index (χ0v) is 35.2. The average Bonchev–Trinajstić information content (AvgIpc) is 3.56. The van der Waals surface area contributed by atoms with Crippen molar-refractivity contribution in [3.8, 4) is 11.1 Å². The van der Waals surface area contributed by atoms with Crippen molar-refractivity contribution in [3.63, 3.8) is 0 Å². The topological polar surface area (TPSA) is 156 Å². The number of ether oxygens (including phenoxy) is 10. The number of aryl methyl sites for hydroxylation is 1. The van der Waals surface area contributed by atoms with E-state index in [-0.39, 0.29) is 30.1 Å². The fraction of sp³-hybridized carbons (Fsp3) is 0.558. The van der Waals surface area contributed by atoms with Gasteiger partial charge >= 0.3 is 6.09 Å². The van der Waals surface area contributed by atoms with Crippen molar-refractivity contribution in [1.29, 1.82) is 0 Å². The summed E-state index contributed by atoms with van der Waals surface area (Å²) in [6, 6.07) is 23.0. The summed E-state index contributed by atoms with van der Waals surface area (Å²) in [7, 11) is -2.08. The summed E-state index contributed by atoms with van der Waals surface area (Å²) in [6.45, 7) is 9.99. The molecule has 3 aromatic carbocycles. The van der Waals surface area contributed by atoms with Crippen molar-refractivity contribution in [1.82, 2.24) is 4.90 Å². The second kappa shape index (κ2) is 28.9. The van der Waals surface area contributed by atoms with E-state index in [1.54, 1.807) is 19.2 Å². The normalized spacial score (nSPS) is 12.4. The highest BCUT2D eigenvalue weighted by molar-refractivity contribution is 7.86. The second-order valence-corrected chi connectivity index (χ2v) is 14.9. The standard InChI is InChI=1S/C43H61NO14S/c1-36-11-13-37(14-12-36)59(46,47)58-34-33-56-32-31-55-30-29-54-28-27-53-26-25-52-24-23-51-22-21-50-20-19-49-18-17-48-16-15-44(2)43(45)57-35-42-40-9-5-3-7-38(40)39-8-4-6-10-41(39)42/h3-14,42H,15-35H2,1-2H3. The summed E-state index contributed by atoms with van der Waals surface area (Å²) in [6.07, 6.45) is -0.372. The minimum Gasteiger partial charge on any atom is -0.448 e. The Balaban J connectivity index is 0.809. The predicted octanol–water partition coefficient (Wildman–Crippen LogP) is 4.73. The van der Waals surface area contributed by atoms with Gasteiger partial charge in [0, 0.05) is 19.5 Å². The second-order valence-electron chi connectivity index (χ2n) is 13.3. The van der Waals surface area contributed by atoms with Crippen LogP contribution in [0.5, 0.6) is 0 Å². The van der Waals surface area contributed by atoms with Gasteiger partial charge < -0.3 is 52.3 Å². The minimum absolute atomic E-state index is 0.0306. The lowest BCUT2D eigenvalue weighted by molar-refractivity contribution is -0.0255. The molecule has 0 heterocycles. The quantitative estimate of drug-likeness (QED) is 0.0601. The Morgan fingerprint density at radius 2 is 0.864 bits per heavy atom. The number of nitrogens with zero attached hydrogens (tertiary/aromatic N) is 1. The molecule has 0 unspecified atom stereocenters. The molecule has 15 nitrogen and oxygen atoms in total. The minimum atomic E-state index is -3.78. The van der Waals surface area contributed by atoms with Gasteiger partial charge in [0.15, 0.2) is 0 Å². The molecule has 0 spiro atoms. The van der Waals surface area contributed by atoms with Gasteiger partial charge in [-0.15, -0.1) is 0 Å². The van der Waals surface area contributed by atoms with Gasteiger partial charge in [0.2, 0.25) is 0 Å². The Morgan fingerprint density at radius 3 is 1.27 bits per heavy atom. The summed E-state index contributed by atoms with van der Waals surface area (Å²) in [5.41, 5.74) is 5.74. The SMILES string of the molecule is Cc1ccc(S(=O)(=O)OCCOCCOCCOCCOCCOCCOCCOCCOCCOCCN(C)C(=O)OCC2c3ccccc3-c3ccccc32)cc1. The van der Waals surface area contributed by atoms with Crippen LogP contribution in [0.25, 0.3) is 11.1 Å². The number of hydrogen-bond acceptors (Lipinski definition) is 14. The van der Waals surface area contributed by atoms with Gasteiger partial charge in [-0.2, -0.15) is 8.42 Å². The zero-order valence-electron chi connectivity index (χ0n) is 34.4. The molecule has 0 fully saturated rings. The van der Waals surface area contributed by atoms with Gasteiger partial charge in [-0.25, -0.2) is 4.79 Å². The highest BCUT2D eigenvalue weighted by atomic mass is 32.2. The van der Waals surface area contributed by atoms with Crippen molar-refractivity contribution >= 4 is 16.2 Å². The lowest BCUT2D eigenvalue weighted by Crippen LogP contribution is -2.32. The van der Waals surface area contributed by atoms with Crippen LogP contribution in [-0.2, 0) is 61.7 Å². The molecule has 0 saturated heterocycles. The average molecular weight is 848 g/mol. The van der Waals surface area contributed by atoms with E-state index in [0.717, 1.165) is 5.56 Å². The molecule has 0 radical (unpaired) electrons. The summed E-state index contributed by atoms with van der Waals surface area (Å²) >= 11 is 0. The largest absolute Gasteiger partial charge is 0.448 e. The van der Waals surface area contributed by atoms with E-state index in [1.165, 1.54) is 39.3 Å². The van der Waals surface area contributed by atoms with Crippen LogP contribution in [0.4, 0.5) is 4.79 Å². The molecule has 0 saturated carbocycles. The van der Waals surface area contributed by atoms with Crippen LogP contribution in [0.3, 0.4) is 0 Å². The molecule has 0 atom stereocenters. The van der Waals surface area contributed by atoms with Gasteiger partial charge in [-0.3, -0.25) is 4.18 Å². The lowest BCUT2D eigenvalue weighted by atomic mass is 9.98. The third-order valence-corrected chi connectivity index (χ3v) is 10.3. The number of fused-ring (bicyclic) bond motifs is 3. The number of rotatable bonds is 34. The predicted molar refractivity (Wildman–Crippen MR) is 219 cm³/mol. The first-order chi connectivity index (χ1) is 28.9. The first-order valence-corrected chi connectivity index (χ1v) is 21.5. The van der Waals surface area contributed by atoms with Crippen LogP contribution < -0.4 is 0 Å². The molecule has 1 aliphatic rings. The monoisotopic (exact) mass is 847 g/mol. The summed E-state index contributed by atoms with van der Waals surface area (Å²) < 4.78 is 84.3. The van der Waals surface area contributed by atoms with E-state index < -0.39 is 10.1 Å². The van der Waals surface area contributed by atoms with Crippen molar-refractivity contribution < 1.29 is 64.8 Å². The van der Waals surface area contributed by atoms with Gasteiger partial charge in [0.05, 0.1) is 130 Å². The van der Waals surface area contributed by atoms with Crippen LogP contribution in [0.15, 0.2) is 77.7 Å². The summed E-state index contributed by atoms with van der Waals surface area (Å²) in [5.74, 6) is 0.0306. The van der Waals surface area contributed by atoms with E-state index in [9.17, 15) is 13.2 Å². The fourth-order valence-electron chi connectivity index (χ4n) is 5.83. The van der Waals surface area contributed by atoms with Crippen molar-refractivity contribution in [2.75, 3.05) is 146 Å². The molecule has 1 aliphatic carbocycles. The number of benzene rings is 3. The molecule has 328 valence electrons. The van der Waals surface area contributed by atoms with Crippen LogP contribution in [-0.4, -0.2) is 165 Å². The molecule has 3 aromatic rings. The molecule has 0 aromatic heterocycles. The first-order valence-electron chi connectivity index (χ1n) is 20.1. The van der Waals surface area contributed by atoms with Gasteiger partial charge in [0.25, 0.3) is 10.1 Å². The van der Waals surface area contributed by atoms with Crippen LogP contribution >= 0.6 is 0 Å². The molecule has 0 aliphatic heterocycles. The maximum Gasteiger partial charge on any atom is 0.409 e. The smallest absolute Gasteiger partial charge is 0.409 e. The molecule has 0 bridgehead atoms. The molecule has 0 N–H and O–H groups in total. The molecular weight excluding hydrogens is 787 g/mol.